The van der Waals surface area contributed by atoms with Gasteiger partial charge in [-0.2, -0.15) is 0 Å². The van der Waals surface area contributed by atoms with Crippen molar-refractivity contribution < 1.29 is 14.0 Å². The van der Waals surface area contributed by atoms with E-state index in [9.17, 15) is 18.8 Å². The average Bonchev–Trinajstić information content (AvgIpc) is 3.22. The predicted molar refractivity (Wildman–Crippen MR) is 137 cm³/mol. The van der Waals surface area contributed by atoms with Crippen LogP contribution in [0.15, 0.2) is 47.5 Å². The molecule has 3 heterocycles. The number of anilines is 1. The number of hydrogen-bond acceptors (Lipinski definition) is 4. The van der Waals surface area contributed by atoms with E-state index in [-0.39, 0.29) is 41.8 Å². The smallest absolute Gasteiger partial charge is 0.274 e. The molecule has 0 aromatic carbocycles. The molecule has 3 aromatic rings. The number of likely N-dealkylation sites (N-methyl/N-ethyl adjacent to an activating group) is 1. The number of amides is 2. The summed E-state index contributed by atoms with van der Waals surface area (Å²) in [7, 11) is 3.35. The molecule has 1 fully saturated rings. The van der Waals surface area contributed by atoms with Gasteiger partial charge in [-0.05, 0) is 49.5 Å². The number of H-pyrrole nitrogens is 1. The lowest BCUT2D eigenvalue weighted by atomic mass is 9.81. The summed E-state index contributed by atoms with van der Waals surface area (Å²) in [6, 6.07) is 5.12. The Morgan fingerprint density at radius 1 is 1.33 bits per heavy atom. The first-order valence-corrected chi connectivity index (χ1v) is 12.3. The van der Waals surface area contributed by atoms with E-state index in [0.717, 1.165) is 18.5 Å². The third-order valence-corrected chi connectivity index (χ3v) is 6.59. The van der Waals surface area contributed by atoms with E-state index in [1.165, 1.54) is 28.2 Å². The molecule has 2 N–H and O–H groups in total. The van der Waals surface area contributed by atoms with Crippen LogP contribution in [0.4, 0.5) is 10.1 Å². The van der Waals surface area contributed by atoms with Gasteiger partial charge in [0.05, 0.1) is 23.8 Å². The van der Waals surface area contributed by atoms with Gasteiger partial charge < -0.3 is 19.8 Å². The summed E-state index contributed by atoms with van der Waals surface area (Å²) >= 11 is 0. The van der Waals surface area contributed by atoms with Gasteiger partial charge in [0.2, 0.25) is 11.8 Å². The molecule has 0 bridgehead atoms. The van der Waals surface area contributed by atoms with Crippen molar-refractivity contribution in [1.29, 1.82) is 0 Å². The van der Waals surface area contributed by atoms with Gasteiger partial charge in [-0.25, -0.2) is 4.39 Å². The minimum absolute atomic E-state index is 0.102. The molecule has 0 unspecified atom stereocenters. The van der Waals surface area contributed by atoms with Crippen molar-refractivity contribution in [1.82, 2.24) is 19.4 Å². The largest absolute Gasteiger partial charge is 0.355 e. The van der Waals surface area contributed by atoms with E-state index in [1.54, 1.807) is 38.5 Å². The molecule has 1 aliphatic carbocycles. The van der Waals surface area contributed by atoms with Crippen molar-refractivity contribution in [2.75, 3.05) is 19.4 Å². The normalized spacial score (nSPS) is 13.8. The van der Waals surface area contributed by atoms with E-state index in [0.29, 0.717) is 41.8 Å². The molecule has 4 rings (SSSR count). The molecule has 8 nitrogen and oxygen atoms in total. The summed E-state index contributed by atoms with van der Waals surface area (Å²) in [5.41, 5.74) is 2.64. The number of aromatic amines is 1. The number of carbonyl (C=O) groups is 2. The van der Waals surface area contributed by atoms with Crippen molar-refractivity contribution in [3.63, 3.8) is 0 Å². The van der Waals surface area contributed by atoms with E-state index >= 15 is 0 Å². The van der Waals surface area contributed by atoms with E-state index < -0.39 is 0 Å². The number of nitrogens with zero attached hydrogens (tertiary/aromatic N) is 3. The molecule has 36 heavy (non-hydrogen) atoms. The maximum Gasteiger partial charge on any atom is 0.274 e. The maximum absolute atomic E-state index is 14.5. The highest BCUT2D eigenvalue weighted by Gasteiger charge is 2.22. The van der Waals surface area contributed by atoms with Gasteiger partial charge in [-0.1, -0.05) is 25.3 Å². The highest BCUT2D eigenvalue weighted by atomic mass is 19.1. The minimum atomic E-state index is -0.324. The Balaban J connectivity index is 1.40. The summed E-state index contributed by atoms with van der Waals surface area (Å²) in [4.78, 5) is 45.8. The number of carbonyl (C=O) groups excluding carboxylic acids is 2. The van der Waals surface area contributed by atoms with Crippen LogP contribution in [0, 0.1) is 11.7 Å². The fourth-order valence-electron chi connectivity index (χ4n) is 4.29. The molecule has 3 aromatic heterocycles. The number of rotatable bonds is 10. The summed E-state index contributed by atoms with van der Waals surface area (Å²) in [6.07, 6.45) is 11.7. The maximum atomic E-state index is 14.5. The highest BCUT2D eigenvalue weighted by Crippen LogP contribution is 2.32. The first-order chi connectivity index (χ1) is 17.3. The number of pyridine rings is 2. The van der Waals surface area contributed by atoms with Crippen LogP contribution >= 0.6 is 0 Å². The lowest BCUT2D eigenvalue weighted by Crippen LogP contribution is -2.25. The van der Waals surface area contributed by atoms with Crippen molar-refractivity contribution in [3.8, 4) is 0 Å². The number of halogens is 1. The van der Waals surface area contributed by atoms with Crippen molar-refractivity contribution in [2.45, 2.75) is 51.5 Å². The Bertz CT molecular complexity index is 1340. The third-order valence-electron chi connectivity index (χ3n) is 6.59. The quantitative estimate of drug-likeness (QED) is 0.329. The standard InChI is InChI=1S/C27H32FN5O3/c1-32(2)25(35)12-5-3-4-11-24(34)31-22-10-7-13-33(27(22)36)17-19-15-23-26(30-19)20(21(28)16-29-23)14-18-8-6-9-18/h5,7,10,12-13,15-16,18,30H,3-4,6,8-9,11,14,17H2,1-2H3,(H,31,34)/b12-5+. The Morgan fingerprint density at radius 2 is 2.14 bits per heavy atom. The highest BCUT2D eigenvalue weighted by molar-refractivity contribution is 5.90. The molecule has 1 saturated carbocycles. The second-order valence-corrected chi connectivity index (χ2v) is 9.57. The van der Waals surface area contributed by atoms with Crippen LogP contribution in [0.25, 0.3) is 11.0 Å². The van der Waals surface area contributed by atoms with Crippen LogP contribution in [0.1, 0.15) is 49.8 Å². The zero-order valence-corrected chi connectivity index (χ0v) is 20.7. The first kappa shape index (κ1) is 25.3. The summed E-state index contributed by atoms with van der Waals surface area (Å²) in [5, 5.41) is 2.69. The number of nitrogens with one attached hydrogen (secondary N) is 2. The van der Waals surface area contributed by atoms with Crippen molar-refractivity contribution >= 4 is 28.5 Å². The van der Waals surface area contributed by atoms with Crippen molar-refractivity contribution in [3.05, 3.63) is 70.2 Å². The van der Waals surface area contributed by atoms with Gasteiger partial charge in [0.15, 0.2) is 0 Å². The fraction of sp³-hybridized carbons (Fsp3) is 0.407. The average molecular weight is 494 g/mol. The number of allylic oxidation sites excluding steroid dienone is 1. The Morgan fingerprint density at radius 3 is 2.86 bits per heavy atom. The second-order valence-electron chi connectivity index (χ2n) is 9.57. The Labute approximate surface area is 209 Å². The predicted octanol–water partition coefficient (Wildman–Crippen LogP) is 4.01. The summed E-state index contributed by atoms with van der Waals surface area (Å²) < 4.78 is 16.0. The molecule has 190 valence electrons. The Kier molecular flexibility index (Phi) is 7.97. The molecule has 2 amide bonds. The van der Waals surface area contributed by atoms with E-state index in [1.807, 2.05) is 6.07 Å². The van der Waals surface area contributed by atoms with Crippen LogP contribution < -0.4 is 10.9 Å². The lowest BCUT2D eigenvalue weighted by Gasteiger charge is -2.25. The number of fused-ring (bicyclic) bond motifs is 1. The van der Waals surface area contributed by atoms with E-state index in [4.69, 9.17) is 0 Å². The summed E-state index contributed by atoms with van der Waals surface area (Å²) in [5.74, 6) is -0.154. The van der Waals surface area contributed by atoms with Gasteiger partial charge in [-0.3, -0.25) is 19.4 Å². The van der Waals surface area contributed by atoms with Gasteiger partial charge >= 0.3 is 0 Å². The summed E-state index contributed by atoms with van der Waals surface area (Å²) in [6.45, 7) is 0.244. The number of unbranched alkanes of at least 4 members (excludes halogenated alkanes) is 1. The zero-order chi connectivity index (χ0) is 25.7. The molecule has 0 aliphatic heterocycles. The van der Waals surface area contributed by atoms with Crippen LogP contribution in [0.5, 0.6) is 0 Å². The van der Waals surface area contributed by atoms with Crippen LogP contribution in [-0.2, 0) is 22.6 Å². The third kappa shape index (κ3) is 6.08. The van der Waals surface area contributed by atoms with E-state index in [2.05, 4.69) is 15.3 Å². The van der Waals surface area contributed by atoms with Crippen LogP contribution in [0.3, 0.4) is 0 Å². The monoisotopic (exact) mass is 493 g/mol. The van der Waals surface area contributed by atoms with Crippen LogP contribution in [-0.4, -0.2) is 45.3 Å². The van der Waals surface area contributed by atoms with Gasteiger partial charge in [0.25, 0.3) is 5.56 Å². The first-order valence-electron chi connectivity index (χ1n) is 12.3. The van der Waals surface area contributed by atoms with Crippen LogP contribution in [0.2, 0.25) is 0 Å². The van der Waals surface area contributed by atoms with Gasteiger partial charge in [0, 0.05) is 38.0 Å². The van der Waals surface area contributed by atoms with Gasteiger partial charge in [0.1, 0.15) is 11.5 Å². The fourth-order valence-corrected chi connectivity index (χ4v) is 4.29. The molecule has 0 spiro atoms. The zero-order valence-electron chi connectivity index (χ0n) is 20.7. The number of aromatic nitrogens is 3. The molecule has 9 heteroatoms. The Hall–Kier alpha value is -3.75. The molecule has 0 atom stereocenters. The molecule has 1 aliphatic rings. The topological polar surface area (TPSA) is 100 Å². The lowest BCUT2D eigenvalue weighted by molar-refractivity contribution is -0.123. The molecular weight excluding hydrogens is 461 g/mol. The number of hydrogen-bond donors (Lipinski definition) is 2. The second kappa shape index (κ2) is 11.3. The molecule has 0 radical (unpaired) electrons. The minimum Gasteiger partial charge on any atom is -0.355 e. The van der Waals surface area contributed by atoms with Crippen molar-refractivity contribution in [2.24, 2.45) is 5.92 Å². The van der Waals surface area contributed by atoms with Gasteiger partial charge in [-0.15, -0.1) is 0 Å². The SMILES string of the molecule is CN(C)C(=O)/C=C/CCCC(=O)Nc1cccn(Cc2cc3ncc(F)c(CC4CCC4)c3[nH]2)c1=O. The molecule has 0 saturated heterocycles. The molecular formula is C27H32FN5O3.